The Hall–Kier alpha value is -1.43. The Balaban J connectivity index is 2.17. The predicted molar refractivity (Wildman–Crippen MR) is 59.6 cm³/mol. The third-order valence-corrected chi connectivity index (χ3v) is 2.65. The molecule has 1 heterocycles. The molecule has 3 nitrogen and oxygen atoms in total. The van der Waals surface area contributed by atoms with Crippen LogP contribution in [-0.2, 0) is 0 Å². The van der Waals surface area contributed by atoms with Gasteiger partial charge < -0.3 is 15.2 Å². The number of rotatable bonds is 2. The summed E-state index contributed by atoms with van der Waals surface area (Å²) < 4.78 is 47.6. The van der Waals surface area contributed by atoms with Crippen LogP contribution in [0.25, 0.3) is 0 Å². The molecule has 0 aromatic heterocycles. The van der Waals surface area contributed by atoms with Gasteiger partial charge in [0.25, 0.3) is 0 Å². The van der Waals surface area contributed by atoms with Crippen molar-refractivity contribution in [3.63, 3.8) is 0 Å². The van der Waals surface area contributed by atoms with E-state index in [0.717, 1.165) is 6.42 Å². The van der Waals surface area contributed by atoms with Gasteiger partial charge in [0.2, 0.25) is 0 Å². The summed E-state index contributed by atoms with van der Waals surface area (Å²) >= 11 is 0. The fraction of sp³-hybridized carbons (Fsp3) is 0.500. The second kappa shape index (κ2) is 5.06. The maximum atomic E-state index is 12.3. The zero-order chi connectivity index (χ0) is 13.2. The van der Waals surface area contributed by atoms with Crippen molar-refractivity contribution < 1.29 is 22.6 Å². The summed E-state index contributed by atoms with van der Waals surface area (Å²) in [6.07, 6.45) is -4.57. The second-order valence-electron chi connectivity index (χ2n) is 4.18. The van der Waals surface area contributed by atoms with Gasteiger partial charge in [0.05, 0.1) is 19.6 Å². The molecule has 2 N–H and O–H groups in total. The fourth-order valence-corrected chi connectivity index (χ4v) is 1.78. The Kier molecular flexibility index (Phi) is 3.65. The number of hydrogen-bond acceptors (Lipinski definition) is 3. The molecular weight excluding hydrogens is 247 g/mol. The largest absolute Gasteiger partial charge is 0.490 e. The maximum Gasteiger partial charge on any atom is 0.390 e. The van der Waals surface area contributed by atoms with Crippen molar-refractivity contribution in [3.05, 3.63) is 23.8 Å². The molecule has 0 fully saturated rings. The van der Waals surface area contributed by atoms with Crippen molar-refractivity contribution in [2.45, 2.75) is 25.1 Å². The third-order valence-electron chi connectivity index (χ3n) is 2.65. The summed E-state index contributed by atoms with van der Waals surface area (Å²) in [6.45, 7) is 1.03. The number of alkyl halides is 3. The van der Waals surface area contributed by atoms with E-state index in [2.05, 4.69) is 0 Å². The van der Waals surface area contributed by atoms with Gasteiger partial charge in [0.1, 0.15) is 0 Å². The lowest BCUT2D eigenvalue weighted by Gasteiger charge is -2.16. The van der Waals surface area contributed by atoms with Crippen LogP contribution in [0.3, 0.4) is 0 Å². The first-order valence-corrected chi connectivity index (χ1v) is 5.67. The van der Waals surface area contributed by atoms with E-state index in [4.69, 9.17) is 15.2 Å². The molecule has 2 rings (SSSR count). The van der Waals surface area contributed by atoms with Crippen LogP contribution < -0.4 is 15.2 Å². The smallest absolute Gasteiger partial charge is 0.390 e. The highest BCUT2D eigenvalue weighted by Gasteiger charge is 2.31. The van der Waals surface area contributed by atoms with E-state index in [1.54, 1.807) is 12.1 Å². The first-order valence-electron chi connectivity index (χ1n) is 5.67. The number of hydrogen-bond donors (Lipinski definition) is 1. The van der Waals surface area contributed by atoms with Crippen LogP contribution in [-0.4, -0.2) is 19.4 Å². The van der Waals surface area contributed by atoms with Gasteiger partial charge in [-0.2, -0.15) is 13.2 Å². The molecule has 0 saturated heterocycles. The van der Waals surface area contributed by atoms with E-state index < -0.39 is 18.6 Å². The van der Waals surface area contributed by atoms with Crippen molar-refractivity contribution in [2.24, 2.45) is 5.73 Å². The van der Waals surface area contributed by atoms with Gasteiger partial charge in [-0.05, 0) is 17.7 Å². The third kappa shape index (κ3) is 3.29. The molecule has 18 heavy (non-hydrogen) atoms. The van der Waals surface area contributed by atoms with E-state index in [1.165, 1.54) is 6.07 Å². The van der Waals surface area contributed by atoms with E-state index in [1.807, 2.05) is 0 Å². The number of fused-ring (bicyclic) bond motifs is 1. The summed E-state index contributed by atoms with van der Waals surface area (Å²) in [7, 11) is 0. The molecule has 6 heteroatoms. The van der Waals surface area contributed by atoms with Crippen LogP contribution >= 0.6 is 0 Å². The normalized spacial score (nSPS) is 17.1. The van der Waals surface area contributed by atoms with Crippen molar-refractivity contribution in [1.82, 2.24) is 0 Å². The van der Waals surface area contributed by atoms with Crippen LogP contribution in [0.5, 0.6) is 11.5 Å². The highest BCUT2D eigenvalue weighted by atomic mass is 19.4. The molecule has 1 aliphatic heterocycles. The predicted octanol–water partition coefficient (Wildman–Crippen LogP) is 2.80. The maximum absolute atomic E-state index is 12.3. The van der Waals surface area contributed by atoms with Crippen molar-refractivity contribution in [3.8, 4) is 11.5 Å². The number of benzene rings is 1. The monoisotopic (exact) mass is 261 g/mol. The van der Waals surface area contributed by atoms with Gasteiger partial charge in [-0.15, -0.1) is 0 Å². The molecule has 1 atom stereocenters. The minimum atomic E-state index is -4.27. The Morgan fingerprint density at radius 3 is 2.50 bits per heavy atom. The summed E-state index contributed by atoms with van der Waals surface area (Å²) in [5, 5.41) is 0. The molecule has 100 valence electrons. The first kappa shape index (κ1) is 13.0. The molecule has 1 aromatic rings. The van der Waals surface area contributed by atoms with E-state index in [-0.39, 0.29) is 0 Å². The van der Waals surface area contributed by atoms with Crippen LogP contribution in [0.2, 0.25) is 0 Å². The van der Waals surface area contributed by atoms with Crippen LogP contribution in [0.15, 0.2) is 18.2 Å². The molecule has 0 radical (unpaired) electrons. The van der Waals surface area contributed by atoms with Crippen LogP contribution in [0.1, 0.15) is 24.4 Å². The molecule has 0 unspecified atom stereocenters. The van der Waals surface area contributed by atoms with Gasteiger partial charge in [0.15, 0.2) is 11.5 Å². The molecule has 0 aliphatic carbocycles. The standard InChI is InChI=1S/C12H14F3NO2/c13-12(14,15)7-9(16)8-2-3-10-11(6-8)18-5-1-4-17-10/h2-3,6,9H,1,4-5,7,16H2/t9-/m0/s1. The zero-order valence-corrected chi connectivity index (χ0v) is 9.67. The summed E-state index contributed by atoms with van der Waals surface area (Å²) in [5.41, 5.74) is 5.94. The van der Waals surface area contributed by atoms with Gasteiger partial charge in [-0.3, -0.25) is 0 Å². The van der Waals surface area contributed by atoms with E-state index >= 15 is 0 Å². The average Bonchev–Trinajstić information content (AvgIpc) is 2.50. The number of ether oxygens (including phenoxy) is 2. The lowest BCUT2D eigenvalue weighted by molar-refractivity contribution is -0.138. The fourth-order valence-electron chi connectivity index (χ4n) is 1.78. The molecular formula is C12H14F3NO2. The second-order valence-corrected chi connectivity index (χ2v) is 4.18. The summed E-state index contributed by atoms with van der Waals surface area (Å²) in [4.78, 5) is 0. The molecule has 1 aliphatic rings. The topological polar surface area (TPSA) is 44.5 Å². The molecule has 0 saturated carbocycles. The minimum Gasteiger partial charge on any atom is -0.490 e. The van der Waals surface area contributed by atoms with Gasteiger partial charge in [0, 0.05) is 12.5 Å². The molecule has 0 spiro atoms. The van der Waals surface area contributed by atoms with Crippen molar-refractivity contribution in [1.29, 1.82) is 0 Å². The molecule has 0 amide bonds. The number of nitrogens with two attached hydrogens (primary N) is 1. The average molecular weight is 261 g/mol. The van der Waals surface area contributed by atoms with Gasteiger partial charge in [-0.25, -0.2) is 0 Å². The Bertz CT molecular complexity index is 420. The zero-order valence-electron chi connectivity index (χ0n) is 9.67. The Morgan fingerprint density at radius 2 is 1.83 bits per heavy atom. The first-order chi connectivity index (χ1) is 8.46. The van der Waals surface area contributed by atoms with Crippen LogP contribution in [0.4, 0.5) is 13.2 Å². The molecule has 1 aromatic carbocycles. The quantitative estimate of drug-likeness (QED) is 0.890. The highest BCUT2D eigenvalue weighted by Crippen LogP contribution is 2.34. The highest BCUT2D eigenvalue weighted by molar-refractivity contribution is 5.44. The number of halogens is 3. The Labute approximate surface area is 103 Å². The van der Waals surface area contributed by atoms with Gasteiger partial charge >= 0.3 is 6.18 Å². The summed E-state index contributed by atoms with van der Waals surface area (Å²) in [5.74, 6) is 1.01. The van der Waals surface area contributed by atoms with Crippen molar-refractivity contribution in [2.75, 3.05) is 13.2 Å². The van der Waals surface area contributed by atoms with Crippen LogP contribution in [0, 0.1) is 0 Å². The lowest BCUT2D eigenvalue weighted by atomic mass is 10.0. The van der Waals surface area contributed by atoms with Gasteiger partial charge in [-0.1, -0.05) is 6.07 Å². The SMILES string of the molecule is N[C@@H](CC(F)(F)F)c1ccc2c(c1)OCCCO2. The Morgan fingerprint density at radius 1 is 1.17 bits per heavy atom. The van der Waals surface area contributed by atoms with Crippen molar-refractivity contribution >= 4 is 0 Å². The summed E-state index contributed by atoms with van der Waals surface area (Å²) in [6, 6.07) is 3.59. The van der Waals surface area contributed by atoms with E-state index in [9.17, 15) is 13.2 Å². The molecule has 0 bridgehead atoms. The lowest BCUT2D eigenvalue weighted by Crippen LogP contribution is -2.20. The minimum absolute atomic E-state index is 0.400. The van der Waals surface area contributed by atoms with E-state index in [0.29, 0.717) is 30.3 Å².